The molecular weight excluding hydrogens is 130 g/mol. The van der Waals surface area contributed by atoms with Crippen LogP contribution in [0.2, 0.25) is 0 Å². The van der Waals surface area contributed by atoms with Crippen LogP contribution in [0.1, 0.15) is 0 Å². The van der Waals surface area contributed by atoms with Gasteiger partial charge in [-0.25, -0.2) is 0 Å². The van der Waals surface area contributed by atoms with Crippen LogP contribution in [-0.4, -0.2) is 29.5 Å². The second-order valence-corrected chi connectivity index (χ2v) is 1.70. The summed E-state index contributed by atoms with van der Waals surface area (Å²) in [5, 5.41) is 16.6. The van der Waals surface area contributed by atoms with Gasteiger partial charge in [-0.1, -0.05) is 0 Å². The van der Waals surface area contributed by atoms with E-state index < -0.39 is 0 Å². The Morgan fingerprint density at radius 2 is 1.60 bits per heavy atom. The van der Waals surface area contributed by atoms with E-state index in [1.165, 1.54) is 0 Å². The molecule has 5 heteroatoms. The number of rotatable bonds is 2. The van der Waals surface area contributed by atoms with Crippen LogP contribution in [0.15, 0.2) is 6.07 Å². The second-order valence-electron chi connectivity index (χ2n) is 1.70. The molecule has 0 saturated heterocycles. The molecule has 0 aliphatic carbocycles. The average Bonchev–Trinajstić information content (AvgIpc) is 2.05. The summed E-state index contributed by atoms with van der Waals surface area (Å²) >= 11 is 0. The van der Waals surface area contributed by atoms with Crippen molar-refractivity contribution in [3.63, 3.8) is 0 Å². The van der Waals surface area contributed by atoms with Crippen molar-refractivity contribution < 1.29 is 0 Å². The molecule has 1 rings (SSSR count). The molecule has 0 fully saturated rings. The summed E-state index contributed by atoms with van der Waals surface area (Å²) in [6.45, 7) is 0. The fraction of sp³-hybridized carbons (Fsp3) is 0.400. The Morgan fingerprint density at radius 1 is 1.10 bits per heavy atom. The molecule has 0 amide bonds. The van der Waals surface area contributed by atoms with Crippen LogP contribution in [0, 0.1) is 0 Å². The molecule has 54 valence electrons. The topological polar surface area (TPSA) is 62.7 Å². The van der Waals surface area contributed by atoms with Crippen LogP contribution < -0.4 is 10.6 Å². The molecule has 0 spiro atoms. The Kier molecular flexibility index (Phi) is 1.99. The van der Waals surface area contributed by atoms with E-state index in [-0.39, 0.29) is 0 Å². The van der Waals surface area contributed by atoms with E-state index in [4.69, 9.17) is 0 Å². The molecule has 0 saturated carbocycles. The minimum Gasteiger partial charge on any atom is -0.371 e. The first-order valence-electron chi connectivity index (χ1n) is 2.92. The minimum absolute atomic E-state index is 0.708. The van der Waals surface area contributed by atoms with E-state index in [1.54, 1.807) is 20.2 Å². The highest BCUT2D eigenvalue weighted by molar-refractivity contribution is 5.43. The van der Waals surface area contributed by atoms with Gasteiger partial charge in [0.25, 0.3) is 0 Å². The molecule has 0 aliphatic heterocycles. The largest absolute Gasteiger partial charge is 0.371 e. The van der Waals surface area contributed by atoms with Crippen molar-refractivity contribution in [3.8, 4) is 0 Å². The van der Waals surface area contributed by atoms with Crippen molar-refractivity contribution in [2.45, 2.75) is 0 Å². The first-order valence-corrected chi connectivity index (χ1v) is 2.92. The standard InChI is InChI=1S/C5H9N5/c1-6-4-3-5(7-2)9-10-8-4/h3H,1-2H3,(H2,6,7,8,9). The Balaban J connectivity index is 2.87. The highest BCUT2D eigenvalue weighted by Gasteiger charge is 1.92. The predicted molar refractivity (Wildman–Crippen MR) is 38.9 cm³/mol. The van der Waals surface area contributed by atoms with Gasteiger partial charge in [0.15, 0.2) is 11.6 Å². The smallest absolute Gasteiger partial charge is 0.153 e. The number of hydrogen-bond acceptors (Lipinski definition) is 5. The molecule has 1 heterocycles. The maximum atomic E-state index is 3.69. The zero-order valence-corrected chi connectivity index (χ0v) is 5.92. The van der Waals surface area contributed by atoms with Crippen molar-refractivity contribution in [1.82, 2.24) is 15.4 Å². The van der Waals surface area contributed by atoms with Crippen LogP contribution in [0.25, 0.3) is 0 Å². The Labute approximate surface area is 58.9 Å². The van der Waals surface area contributed by atoms with Gasteiger partial charge in [-0.3, -0.25) is 0 Å². The molecule has 0 atom stereocenters. The molecule has 1 aromatic rings. The van der Waals surface area contributed by atoms with Gasteiger partial charge in [0.2, 0.25) is 0 Å². The van der Waals surface area contributed by atoms with Crippen molar-refractivity contribution in [2.24, 2.45) is 0 Å². The number of nitrogens with one attached hydrogen (secondary N) is 2. The summed E-state index contributed by atoms with van der Waals surface area (Å²) in [6.07, 6.45) is 0. The molecule has 5 nitrogen and oxygen atoms in total. The summed E-state index contributed by atoms with van der Waals surface area (Å²) in [4.78, 5) is 0. The molecule has 0 bridgehead atoms. The molecular formula is C5H9N5. The van der Waals surface area contributed by atoms with Crippen molar-refractivity contribution in [3.05, 3.63) is 6.07 Å². The highest BCUT2D eigenvalue weighted by atomic mass is 15.3. The van der Waals surface area contributed by atoms with E-state index in [2.05, 4.69) is 26.0 Å². The molecule has 0 radical (unpaired) electrons. The third-order valence-electron chi connectivity index (χ3n) is 1.09. The summed E-state index contributed by atoms with van der Waals surface area (Å²) in [5.74, 6) is 1.42. The third-order valence-corrected chi connectivity index (χ3v) is 1.09. The lowest BCUT2D eigenvalue weighted by molar-refractivity contribution is 0.872. The van der Waals surface area contributed by atoms with Gasteiger partial charge < -0.3 is 10.6 Å². The fourth-order valence-corrected chi connectivity index (χ4v) is 0.550. The van der Waals surface area contributed by atoms with Gasteiger partial charge in [-0.05, 0) is 5.21 Å². The van der Waals surface area contributed by atoms with Gasteiger partial charge in [0, 0.05) is 20.2 Å². The molecule has 0 aliphatic rings. The van der Waals surface area contributed by atoms with Crippen molar-refractivity contribution >= 4 is 11.6 Å². The normalized spacial score (nSPS) is 9.00. The van der Waals surface area contributed by atoms with Gasteiger partial charge in [-0.15, -0.1) is 10.2 Å². The lowest BCUT2D eigenvalue weighted by atomic mass is 10.5. The summed E-state index contributed by atoms with van der Waals surface area (Å²) in [6, 6.07) is 1.77. The van der Waals surface area contributed by atoms with E-state index in [0.717, 1.165) is 0 Å². The molecule has 0 aromatic carbocycles. The summed E-state index contributed by atoms with van der Waals surface area (Å²) in [5.41, 5.74) is 0. The Morgan fingerprint density at radius 3 is 2.00 bits per heavy atom. The number of hydrogen-bond donors (Lipinski definition) is 2. The SMILES string of the molecule is CNc1cc(NC)nnn1. The molecule has 10 heavy (non-hydrogen) atoms. The van der Waals surface area contributed by atoms with Gasteiger partial charge in [0.05, 0.1) is 0 Å². The predicted octanol–water partition coefficient (Wildman–Crippen LogP) is -0.0450. The number of nitrogens with zero attached hydrogens (tertiary/aromatic N) is 3. The maximum absolute atomic E-state index is 3.69. The second kappa shape index (κ2) is 2.95. The number of aromatic nitrogens is 3. The maximum Gasteiger partial charge on any atom is 0.153 e. The number of anilines is 2. The monoisotopic (exact) mass is 139 g/mol. The highest BCUT2D eigenvalue weighted by Crippen LogP contribution is 2.03. The fourth-order valence-electron chi connectivity index (χ4n) is 0.550. The Hall–Kier alpha value is -1.39. The Bertz CT molecular complexity index is 192. The van der Waals surface area contributed by atoms with Crippen LogP contribution in [-0.2, 0) is 0 Å². The van der Waals surface area contributed by atoms with Gasteiger partial charge in [-0.2, -0.15) is 0 Å². The minimum atomic E-state index is 0.708. The zero-order valence-electron chi connectivity index (χ0n) is 5.92. The van der Waals surface area contributed by atoms with Crippen molar-refractivity contribution in [1.29, 1.82) is 0 Å². The summed E-state index contributed by atoms with van der Waals surface area (Å²) < 4.78 is 0. The first-order chi connectivity index (χ1) is 4.86. The quantitative estimate of drug-likeness (QED) is 0.601. The lowest BCUT2D eigenvalue weighted by Gasteiger charge is -1.98. The zero-order chi connectivity index (χ0) is 7.40. The van der Waals surface area contributed by atoms with Crippen LogP contribution in [0.5, 0.6) is 0 Å². The first kappa shape index (κ1) is 6.73. The molecule has 1 aromatic heterocycles. The lowest BCUT2D eigenvalue weighted by Crippen LogP contribution is -2.00. The van der Waals surface area contributed by atoms with E-state index in [0.29, 0.717) is 11.6 Å². The molecule has 0 unspecified atom stereocenters. The van der Waals surface area contributed by atoms with Crippen LogP contribution in [0.3, 0.4) is 0 Å². The van der Waals surface area contributed by atoms with E-state index in [1.807, 2.05) is 0 Å². The molecule has 2 N–H and O–H groups in total. The van der Waals surface area contributed by atoms with E-state index >= 15 is 0 Å². The summed E-state index contributed by atoms with van der Waals surface area (Å²) in [7, 11) is 3.56. The third kappa shape index (κ3) is 1.31. The average molecular weight is 139 g/mol. The van der Waals surface area contributed by atoms with Gasteiger partial charge in [0.1, 0.15) is 0 Å². The van der Waals surface area contributed by atoms with E-state index in [9.17, 15) is 0 Å². The van der Waals surface area contributed by atoms with Crippen LogP contribution >= 0.6 is 0 Å². The van der Waals surface area contributed by atoms with Gasteiger partial charge >= 0.3 is 0 Å². The van der Waals surface area contributed by atoms with Crippen LogP contribution in [0.4, 0.5) is 11.6 Å². The van der Waals surface area contributed by atoms with Crippen molar-refractivity contribution in [2.75, 3.05) is 24.7 Å².